The van der Waals surface area contributed by atoms with E-state index in [9.17, 15) is 0 Å². The van der Waals surface area contributed by atoms with Crippen LogP contribution in [0.2, 0.25) is 0 Å². The minimum absolute atomic E-state index is 0.958. The number of allylic oxidation sites excluding steroid dienone is 1. The number of nitrogens with zero attached hydrogens (tertiary/aromatic N) is 1. The normalized spacial score (nSPS) is 11.0. The topological polar surface area (TPSA) is 28.7 Å². The number of aromatic amines is 1. The molecule has 0 aliphatic rings. The highest BCUT2D eigenvalue weighted by atomic mass is 14.8. The number of aryl methyl sites for hydroxylation is 1. The van der Waals surface area contributed by atoms with Gasteiger partial charge < -0.3 is 4.98 Å². The molecule has 2 heteroatoms. The molecule has 0 bridgehead atoms. The van der Waals surface area contributed by atoms with Gasteiger partial charge >= 0.3 is 0 Å². The minimum Gasteiger partial charge on any atom is -0.345 e. The van der Waals surface area contributed by atoms with Crippen LogP contribution in [-0.2, 0) is 6.42 Å². The van der Waals surface area contributed by atoms with Gasteiger partial charge in [-0.1, -0.05) is 35.9 Å². The van der Waals surface area contributed by atoms with Crippen LogP contribution in [0.15, 0.2) is 42.9 Å². The van der Waals surface area contributed by atoms with Crippen LogP contribution in [0.5, 0.6) is 0 Å². The summed E-state index contributed by atoms with van der Waals surface area (Å²) in [4.78, 5) is 6.99. The molecule has 0 amide bonds. The summed E-state index contributed by atoms with van der Waals surface area (Å²) in [5.74, 6) is 0. The van der Waals surface area contributed by atoms with E-state index in [0.717, 1.165) is 12.1 Å². The summed E-state index contributed by atoms with van der Waals surface area (Å²) in [7, 11) is 0. The summed E-state index contributed by atoms with van der Waals surface area (Å²) < 4.78 is 0. The maximum absolute atomic E-state index is 3.95. The van der Waals surface area contributed by atoms with E-state index >= 15 is 0 Å². The highest BCUT2D eigenvalue weighted by Gasteiger charge is 1.89. The van der Waals surface area contributed by atoms with Crippen molar-refractivity contribution in [2.75, 3.05) is 0 Å². The van der Waals surface area contributed by atoms with Gasteiger partial charge in [0.25, 0.3) is 0 Å². The van der Waals surface area contributed by atoms with E-state index in [-0.39, 0.29) is 0 Å². The Balaban J connectivity index is 1.96. The number of imidazole rings is 1. The summed E-state index contributed by atoms with van der Waals surface area (Å²) in [5, 5.41) is 0. The lowest BCUT2D eigenvalue weighted by Crippen LogP contribution is -1.80. The Hall–Kier alpha value is -1.83. The van der Waals surface area contributed by atoms with E-state index in [1.807, 2.05) is 12.3 Å². The number of hydrogen-bond donors (Lipinski definition) is 1. The largest absolute Gasteiger partial charge is 0.345 e. The first kappa shape index (κ1) is 9.71. The van der Waals surface area contributed by atoms with Crippen molar-refractivity contribution in [3.63, 3.8) is 0 Å². The van der Waals surface area contributed by atoms with Crippen molar-refractivity contribution in [1.82, 2.24) is 9.97 Å². The molecule has 0 atom stereocenters. The molecule has 2 rings (SSSR count). The molecule has 1 aromatic heterocycles. The number of H-pyrrole nitrogens is 1. The van der Waals surface area contributed by atoms with E-state index < -0.39 is 0 Å². The standard InChI is InChI=1S/C13H14N2/c1-11-5-7-12(8-6-11)3-2-4-13-9-14-10-15-13/h2,4-10H,3H2,1H3,(H,14,15)/b4-2+. The lowest BCUT2D eigenvalue weighted by atomic mass is 10.1. The maximum Gasteiger partial charge on any atom is 0.0924 e. The van der Waals surface area contributed by atoms with Gasteiger partial charge in [0.05, 0.1) is 18.2 Å². The Morgan fingerprint density at radius 2 is 2.07 bits per heavy atom. The van der Waals surface area contributed by atoms with E-state index in [1.54, 1.807) is 6.33 Å². The number of aromatic nitrogens is 2. The summed E-state index contributed by atoms with van der Waals surface area (Å²) in [6.07, 6.45) is 8.64. The molecule has 0 saturated carbocycles. The summed E-state index contributed by atoms with van der Waals surface area (Å²) in [6, 6.07) is 8.60. The van der Waals surface area contributed by atoms with Crippen molar-refractivity contribution in [3.8, 4) is 0 Å². The smallest absolute Gasteiger partial charge is 0.0924 e. The second-order valence-electron chi connectivity index (χ2n) is 3.60. The van der Waals surface area contributed by atoms with Crippen LogP contribution in [0.4, 0.5) is 0 Å². The number of rotatable bonds is 3. The van der Waals surface area contributed by atoms with Crippen molar-refractivity contribution in [1.29, 1.82) is 0 Å². The molecule has 1 N–H and O–H groups in total. The molecule has 0 aliphatic heterocycles. The van der Waals surface area contributed by atoms with Gasteiger partial charge in [-0.25, -0.2) is 4.98 Å². The molecule has 1 heterocycles. The zero-order chi connectivity index (χ0) is 10.5. The molecule has 2 nitrogen and oxygen atoms in total. The van der Waals surface area contributed by atoms with Gasteiger partial charge in [0, 0.05) is 0 Å². The summed E-state index contributed by atoms with van der Waals surface area (Å²) in [5.41, 5.74) is 3.68. The Morgan fingerprint density at radius 3 is 2.73 bits per heavy atom. The van der Waals surface area contributed by atoms with E-state index in [0.29, 0.717) is 0 Å². The van der Waals surface area contributed by atoms with Crippen LogP contribution >= 0.6 is 0 Å². The Bertz CT molecular complexity index is 424. The third-order valence-electron chi connectivity index (χ3n) is 2.29. The average Bonchev–Trinajstić information content (AvgIpc) is 2.74. The zero-order valence-electron chi connectivity index (χ0n) is 8.77. The third kappa shape index (κ3) is 2.81. The first-order valence-corrected chi connectivity index (χ1v) is 5.05. The van der Waals surface area contributed by atoms with Crippen LogP contribution in [-0.4, -0.2) is 9.97 Å². The van der Waals surface area contributed by atoms with Gasteiger partial charge in [-0.3, -0.25) is 0 Å². The molecule has 0 saturated heterocycles. The molecule has 0 unspecified atom stereocenters. The predicted octanol–water partition coefficient (Wildman–Crippen LogP) is 2.97. The van der Waals surface area contributed by atoms with Gasteiger partial charge in [0.1, 0.15) is 0 Å². The minimum atomic E-state index is 0.958. The van der Waals surface area contributed by atoms with E-state index in [4.69, 9.17) is 0 Å². The lowest BCUT2D eigenvalue weighted by Gasteiger charge is -1.96. The van der Waals surface area contributed by atoms with Gasteiger partial charge in [-0.2, -0.15) is 0 Å². The van der Waals surface area contributed by atoms with Crippen LogP contribution < -0.4 is 0 Å². The molecular weight excluding hydrogens is 184 g/mol. The van der Waals surface area contributed by atoms with Gasteiger partial charge in [0.15, 0.2) is 0 Å². The number of benzene rings is 1. The van der Waals surface area contributed by atoms with Crippen LogP contribution in [0.1, 0.15) is 16.8 Å². The third-order valence-corrected chi connectivity index (χ3v) is 2.29. The van der Waals surface area contributed by atoms with Gasteiger partial charge in [-0.15, -0.1) is 0 Å². The van der Waals surface area contributed by atoms with Crippen molar-refractivity contribution < 1.29 is 0 Å². The van der Waals surface area contributed by atoms with Crippen molar-refractivity contribution in [2.24, 2.45) is 0 Å². The average molecular weight is 198 g/mol. The van der Waals surface area contributed by atoms with Crippen LogP contribution in [0, 0.1) is 6.92 Å². The molecular formula is C13H14N2. The molecule has 2 aromatic rings. The first-order chi connectivity index (χ1) is 7.34. The number of nitrogens with one attached hydrogen (secondary N) is 1. The second-order valence-corrected chi connectivity index (χ2v) is 3.60. The van der Waals surface area contributed by atoms with Crippen molar-refractivity contribution in [2.45, 2.75) is 13.3 Å². The van der Waals surface area contributed by atoms with Crippen molar-refractivity contribution in [3.05, 3.63) is 59.7 Å². The van der Waals surface area contributed by atoms with Crippen LogP contribution in [0.3, 0.4) is 0 Å². The SMILES string of the molecule is Cc1ccc(C/C=C/c2cnc[nH]2)cc1. The zero-order valence-corrected chi connectivity index (χ0v) is 8.77. The Labute approximate surface area is 89.7 Å². The quantitative estimate of drug-likeness (QED) is 0.807. The number of hydrogen-bond acceptors (Lipinski definition) is 1. The monoisotopic (exact) mass is 198 g/mol. The van der Waals surface area contributed by atoms with E-state index in [1.165, 1.54) is 11.1 Å². The Morgan fingerprint density at radius 1 is 1.27 bits per heavy atom. The Kier molecular flexibility index (Phi) is 2.98. The molecule has 1 aromatic carbocycles. The molecule has 0 aliphatic carbocycles. The molecule has 0 radical (unpaired) electrons. The fourth-order valence-corrected chi connectivity index (χ4v) is 1.40. The van der Waals surface area contributed by atoms with Crippen molar-refractivity contribution >= 4 is 6.08 Å². The maximum atomic E-state index is 3.95. The second kappa shape index (κ2) is 4.60. The van der Waals surface area contributed by atoms with E-state index in [2.05, 4.69) is 47.2 Å². The fourth-order valence-electron chi connectivity index (χ4n) is 1.40. The fraction of sp³-hybridized carbons (Fsp3) is 0.154. The highest BCUT2D eigenvalue weighted by Crippen LogP contribution is 2.05. The lowest BCUT2D eigenvalue weighted by molar-refractivity contribution is 1.26. The summed E-state index contributed by atoms with van der Waals surface area (Å²) >= 11 is 0. The first-order valence-electron chi connectivity index (χ1n) is 5.05. The van der Waals surface area contributed by atoms with Crippen LogP contribution in [0.25, 0.3) is 6.08 Å². The molecule has 76 valence electrons. The molecule has 15 heavy (non-hydrogen) atoms. The van der Waals surface area contributed by atoms with Gasteiger partial charge in [0.2, 0.25) is 0 Å². The summed E-state index contributed by atoms with van der Waals surface area (Å²) in [6.45, 7) is 2.10. The van der Waals surface area contributed by atoms with Gasteiger partial charge in [-0.05, 0) is 25.0 Å². The molecule has 0 fully saturated rings. The molecule has 0 spiro atoms. The predicted molar refractivity (Wildman–Crippen MR) is 62.5 cm³/mol. The highest BCUT2D eigenvalue weighted by molar-refractivity contribution is 5.43.